The molecule has 2 heterocycles. The van der Waals surface area contributed by atoms with E-state index in [4.69, 9.17) is 4.74 Å². The third-order valence-corrected chi connectivity index (χ3v) is 4.77. The number of aryl methyl sites for hydroxylation is 1. The molecule has 1 aromatic carbocycles. The number of ether oxygens (including phenoxy) is 1. The summed E-state index contributed by atoms with van der Waals surface area (Å²) in [5.41, 5.74) is 3.68. The standard InChI is InChI=1S/C21H24N2O3/c1-3-26-21(25)16-8-6-10-23(14-16)20(24)18-11-17(12-22-13-18)19-9-5-4-7-15(19)2/h4-5,7,9,11-13,16H,3,6,8,10,14H2,1-2H3. The first-order valence-corrected chi connectivity index (χ1v) is 9.07. The topological polar surface area (TPSA) is 59.5 Å². The van der Waals surface area contributed by atoms with Crippen molar-refractivity contribution in [2.24, 2.45) is 5.92 Å². The molecular weight excluding hydrogens is 328 g/mol. The molecule has 5 nitrogen and oxygen atoms in total. The maximum Gasteiger partial charge on any atom is 0.310 e. The van der Waals surface area contributed by atoms with Crippen LogP contribution in [0.15, 0.2) is 42.7 Å². The van der Waals surface area contributed by atoms with Gasteiger partial charge in [0, 0.05) is 31.0 Å². The molecule has 1 unspecified atom stereocenters. The molecule has 0 radical (unpaired) electrons. The number of rotatable bonds is 4. The minimum atomic E-state index is -0.236. The molecule has 3 rings (SSSR count). The maximum absolute atomic E-state index is 12.9. The minimum Gasteiger partial charge on any atom is -0.466 e. The second kappa shape index (κ2) is 8.13. The molecule has 1 saturated heterocycles. The quantitative estimate of drug-likeness (QED) is 0.791. The summed E-state index contributed by atoms with van der Waals surface area (Å²) in [5.74, 6) is -0.529. The molecule has 1 aliphatic rings. The van der Waals surface area contributed by atoms with E-state index in [0.717, 1.165) is 29.5 Å². The molecule has 0 spiro atoms. The summed E-state index contributed by atoms with van der Waals surface area (Å²) in [6.45, 7) is 5.27. The van der Waals surface area contributed by atoms with Gasteiger partial charge in [0.2, 0.25) is 0 Å². The van der Waals surface area contributed by atoms with Gasteiger partial charge in [0.1, 0.15) is 0 Å². The number of piperidine rings is 1. The summed E-state index contributed by atoms with van der Waals surface area (Å²) in [7, 11) is 0. The highest BCUT2D eigenvalue weighted by Gasteiger charge is 2.30. The van der Waals surface area contributed by atoms with E-state index in [-0.39, 0.29) is 17.8 Å². The Morgan fingerprint density at radius 2 is 2.08 bits per heavy atom. The van der Waals surface area contributed by atoms with E-state index in [1.807, 2.05) is 37.3 Å². The van der Waals surface area contributed by atoms with Crippen LogP contribution in [0.4, 0.5) is 0 Å². The zero-order chi connectivity index (χ0) is 18.5. The van der Waals surface area contributed by atoms with E-state index in [2.05, 4.69) is 4.98 Å². The number of benzene rings is 1. The molecule has 0 saturated carbocycles. The highest BCUT2D eigenvalue weighted by molar-refractivity contribution is 5.95. The number of carbonyl (C=O) groups is 2. The fraction of sp³-hybridized carbons (Fsp3) is 0.381. The molecule has 0 aliphatic carbocycles. The van der Waals surface area contributed by atoms with E-state index in [0.29, 0.717) is 25.3 Å². The Kier molecular flexibility index (Phi) is 5.66. The Labute approximate surface area is 154 Å². The lowest BCUT2D eigenvalue weighted by Gasteiger charge is -2.31. The fourth-order valence-electron chi connectivity index (χ4n) is 3.40. The molecule has 1 atom stereocenters. The van der Waals surface area contributed by atoms with Gasteiger partial charge in [0.25, 0.3) is 5.91 Å². The van der Waals surface area contributed by atoms with Gasteiger partial charge in [-0.3, -0.25) is 14.6 Å². The number of amides is 1. The highest BCUT2D eigenvalue weighted by Crippen LogP contribution is 2.25. The Bertz CT molecular complexity index is 803. The van der Waals surface area contributed by atoms with Crippen molar-refractivity contribution in [3.8, 4) is 11.1 Å². The summed E-state index contributed by atoms with van der Waals surface area (Å²) >= 11 is 0. The van der Waals surface area contributed by atoms with Gasteiger partial charge in [-0.15, -0.1) is 0 Å². The first-order valence-electron chi connectivity index (χ1n) is 9.07. The number of hydrogen-bond donors (Lipinski definition) is 0. The van der Waals surface area contributed by atoms with Crippen LogP contribution in [0.3, 0.4) is 0 Å². The number of pyridine rings is 1. The molecule has 136 valence electrons. The number of aromatic nitrogens is 1. The monoisotopic (exact) mass is 352 g/mol. The van der Waals surface area contributed by atoms with Crippen molar-refractivity contribution in [2.45, 2.75) is 26.7 Å². The first-order chi connectivity index (χ1) is 12.6. The SMILES string of the molecule is CCOC(=O)C1CCCN(C(=O)c2cncc(-c3ccccc3C)c2)C1. The fourth-order valence-corrected chi connectivity index (χ4v) is 3.40. The predicted octanol–water partition coefficient (Wildman–Crippen LogP) is 3.47. The van der Waals surface area contributed by atoms with Crippen LogP contribution in [0, 0.1) is 12.8 Å². The van der Waals surface area contributed by atoms with Crippen LogP contribution in [-0.4, -0.2) is 41.5 Å². The van der Waals surface area contributed by atoms with Gasteiger partial charge < -0.3 is 9.64 Å². The number of carbonyl (C=O) groups excluding carboxylic acids is 2. The smallest absolute Gasteiger partial charge is 0.310 e. The van der Waals surface area contributed by atoms with Crippen LogP contribution < -0.4 is 0 Å². The molecule has 5 heteroatoms. The van der Waals surface area contributed by atoms with Gasteiger partial charge in [-0.1, -0.05) is 24.3 Å². The second-order valence-electron chi connectivity index (χ2n) is 6.62. The lowest BCUT2D eigenvalue weighted by molar-refractivity contribution is -0.149. The molecule has 0 N–H and O–H groups in total. The Hall–Kier alpha value is -2.69. The molecule has 1 amide bonds. The van der Waals surface area contributed by atoms with Crippen molar-refractivity contribution in [1.82, 2.24) is 9.88 Å². The minimum absolute atomic E-state index is 0.0815. The van der Waals surface area contributed by atoms with Gasteiger partial charge in [-0.2, -0.15) is 0 Å². The van der Waals surface area contributed by atoms with Crippen molar-refractivity contribution in [3.63, 3.8) is 0 Å². The van der Waals surface area contributed by atoms with Crippen molar-refractivity contribution in [2.75, 3.05) is 19.7 Å². The molecular formula is C21H24N2O3. The number of hydrogen-bond acceptors (Lipinski definition) is 4. The van der Waals surface area contributed by atoms with Crippen LogP contribution in [0.25, 0.3) is 11.1 Å². The molecule has 2 aromatic rings. The van der Waals surface area contributed by atoms with Crippen LogP contribution in [0.5, 0.6) is 0 Å². The summed E-state index contributed by atoms with van der Waals surface area (Å²) in [4.78, 5) is 30.9. The molecule has 1 aromatic heterocycles. The van der Waals surface area contributed by atoms with Crippen molar-refractivity contribution in [3.05, 3.63) is 53.9 Å². The first kappa shape index (κ1) is 18.1. The van der Waals surface area contributed by atoms with Crippen LogP contribution in [0.1, 0.15) is 35.7 Å². The Morgan fingerprint density at radius 3 is 2.85 bits per heavy atom. The van der Waals surface area contributed by atoms with Crippen LogP contribution >= 0.6 is 0 Å². The third kappa shape index (κ3) is 3.93. The van der Waals surface area contributed by atoms with Crippen molar-refractivity contribution in [1.29, 1.82) is 0 Å². The van der Waals surface area contributed by atoms with E-state index in [1.165, 1.54) is 0 Å². The average molecular weight is 352 g/mol. The maximum atomic E-state index is 12.9. The third-order valence-electron chi connectivity index (χ3n) is 4.77. The van der Waals surface area contributed by atoms with Gasteiger partial charge in [-0.25, -0.2) is 0 Å². The summed E-state index contributed by atoms with van der Waals surface area (Å²) < 4.78 is 5.12. The second-order valence-corrected chi connectivity index (χ2v) is 6.62. The largest absolute Gasteiger partial charge is 0.466 e. The van der Waals surface area contributed by atoms with E-state index in [1.54, 1.807) is 24.2 Å². The lowest BCUT2D eigenvalue weighted by atomic mass is 9.97. The molecule has 1 aliphatic heterocycles. The number of likely N-dealkylation sites (tertiary alicyclic amines) is 1. The van der Waals surface area contributed by atoms with Gasteiger partial charge in [-0.05, 0) is 43.9 Å². The van der Waals surface area contributed by atoms with Crippen LogP contribution in [0.2, 0.25) is 0 Å². The Morgan fingerprint density at radius 1 is 1.27 bits per heavy atom. The van der Waals surface area contributed by atoms with Crippen LogP contribution in [-0.2, 0) is 9.53 Å². The van der Waals surface area contributed by atoms with E-state index < -0.39 is 0 Å². The van der Waals surface area contributed by atoms with Gasteiger partial charge in [0.05, 0.1) is 18.1 Å². The molecule has 1 fully saturated rings. The Balaban J connectivity index is 1.79. The average Bonchev–Trinajstić information content (AvgIpc) is 2.68. The van der Waals surface area contributed by atoms with Crippen molar-refractivity contribution >= 4 is 11.9 Å². The number of esters is 1. The van der Waals surface area contributed by atoms with Gasteiger partial charge >= 0.3 is 5.97 Å². The van der Waals surface area contributed by atoms with E-state index >= 15 is 0 Å². The molecule has 26 heavy (non-hydrogen) atoms. The molecule has 0 bridgehead atoms. The normalized spacial score (nSPS) is 17.0. The van der Waals surface area contributed by atoms with Crippen molar-refractivity contribution < 1.29 is 14.3 Å². The summed E-state index contributed by atoms with van der Waals surface area (Å²) in [6.07, 6.45) is 4.94. The summed E-state index contributed by atoms with van der Waals surface area (Å²) in [6, 6.07) is 9.91. The highest BCUT2D eigenvalue weighted by atomic mass is 16.5. The zero-order valence-corrected chi connectivity index (χ0v) is 15.3. The number of nitrogens with zero attached hydrogens (tertiary/aromatic N) is 2. The zero-order valence-electron chi connectivity index (χ0n) is 15.3. The predicted molar refractivity (Wildman–Crippen MR) is 99.7 cm³/mol. The van der Waals surface area contributed by atoms with Gasteiger partial charge in [0.15, 0.2) is 0 Å². The summed E-state index contributed by atoms with van der Waals surface area (Å²) in [5, 5.41) is 0. The van der Waals surface area contributed by atoms with E-state index in [9.17, 15) is 9.59 Å². The lowest BCUT2D eigenvalue weighted by Crippen LogP contribution is -2.42.